The Morgan fingerprint density at radius 2 is 1.00 bits per heavy atom. The molecule has 0 unspecified atom stereocenters. The van der Waals surface area contributed by atoms with Crippen molar-refractivity contribution in [2.75, 3.05) is 32.6 Å². The van der Waals surface area contributed by atoms with Gasteiger partial charge in [0.1, 0.15) is 11.5 Å². The Kier molecular flexibility index (Phi) is 15.1. The molecular weight excluding hydrogens is 584 g/mol. The molecule has 0 amide bonds. The summed E-state index contributed by atoms with van der Waals surface area (Å²) in [6.07, 6.45) is 5.55. The number of ether oxygens (including phenoxy) is 2. The largest absolute Gasteiger partial charge is 0.493 e. The van der Waals surface area contributed by atoms with E-state index in [1.165, 1.54) is 58.4 Å². The van der Waals surface area contributed by atoms with Gasteiger partial charge in [-0.3, -0.25) is 4.55 Å². The highest BCUT2D eigenvalue weighted by Gasteiger charge is 2.11. The monoisotopic (exact) mass is 636 g/mol. The molecule has 0 aliphatic carbocycles. The van der Waals surface area contributed by atoms with Gasteiger partial charge in [-0.05, 0) is 71.4 Å². The first-order chi connectivity index (χ1) is 21.5. The van der Waals surface area contributed by atoms with Crippen LogP contribution in [0.15, 0.2) is 72.8 Å². The lowest BCUT2D eigenvalue weighted by Crippen LogP contribution is -2.17. The van der Waals surface area contributed by atoms with Crippen molar-refractivity contribution < 1.29 is 22.4 Å². The van der Waals surface area contributed by atoms with Crippen molar-refractivity contribution in [3.8, 4) is 11.5 Å². The normalized spacial score (nSPS) is 11.6. The zero-order valence-electron chi connectivity index (χ0n) is 27.6. The highest BCUT2D eigenvalue weighted by molar-refractivity contribution is 7.85. The van der Waals surface area contributed by atoms with E-state index in [4.69, 9.17) is 14.0 Å². The molecule has 0 aromatic heterocycles. The molecule has 4 aromatic carbocycles. The summed E-state index contributed by atoms with van der Waals surface area (Å²) in [5.41, 5.74) is 2.54. The predicted octanol–water partition coefficient (Wildman–Crippen LogP) is 8.01. The van der Waals surface area contributed by atoms with Gasteiger partial charge in [-0.1, -0.05) is 101 Å². The van der Waals surface area contributed by atoms with Gasteiger partial charge < -0.3 is 20.1 Å². The average molecular weight is 637 g/mol. The SMILES string of the molecule is CC(C)COc1ccc2ccccc2c1CNCCCCCCNCc1c(OCC(C)C)ccc2ccccc12.CS(=O)(=O)O. The van der Waals surface area contributed by atoms with Crippen molar-refractivity contribution in [2.24, 2.45) is 11.8 Å². The third-order valence-electron chi connectivity index (χ3n) is 7.20. The number of nitrogens with one attached hydrogen (secondary N) is 2. The highest BCUT2D eigenvalue weighted by atomic mass is 32.2. The zero-order valence-corrected chi connectivity index (χ0v) is 28.5. The lowest BCUT2D eigenvalue weighted by Gasteiger charge is -2.16. The Morgan fingerprint density at radius 1 is 0.622 bits per heavy atom. The molecule has 0 atom stereocenters. The summed E-state index contributed by atoms with van der Waals surface area (Å²) in [7, 11) is -3.67. The fourth-order valence-electron chi connectivity index (χ4n) is 5.06. The molecule has 8 heteroatoms. The van der Waals surface area contributed by atoms with Crippen molar-refractivity contribution in [3.05, 3.63) is 83.9 Å². The van der Waals surface area contributed by atoms with E-state index >= 15 is 0 Å². The summed E-state index contributed by atoms with van der Waals surface area (Å²) >= 11 is 0. The Hall–Kier alpha value is -3.17. The predicted molar refractivity (Wildman–Crippen MR) is 188 cm³/mol. The summed E-state index contributed by atoms with van der Waals surface area (Å²) in [4.78, 5) is 0. The number of benzene rings is 4. The Bertz CT molecular complexity index is 1460. The third-order valence-corrected chi connectivity index (χ3v) is 7.20. The fraction of sp³-hybridized carbons (Fsp3) is 0.459. The van der Waals surface area contributed by atoms with Crippen LogP contribution in [0.4, 0.5) is 0 Å². The summed E-state index contributed by atoms with van der Waals surface area (Å²) in [5, 5.41) is 12.5. The van der Waals surface area contributed by atoms with E-state index < -0.39 is 10.1 Å². The van der Waals surface area contributed by atoms with Crippen LogP contribution in [-0.2, 0) is 23.2 Å². The molecule has 246 valence electrons. The maximum absolute atomic E-state index is 9.19. The van der Waals surface area contributed by atoms with Crippen LogP contribution in [0.25, 0.3) is 21.5 Å². The van der Waals surface area contributed by atoms with E-state index in [0.717, 1.165) is 50.9 Å². The van der Waals surface area contributed by atoms with Gasteiger partial charge in [0, 0.05) is 24.2 Å². The van der Waals surface area contributed by atoms with E-state index in [2.05, 4.69) is 111 Å². The van der Waals surface area contributed by atoms with Crippen molar-refractivity contribution in [1.82, 2.24) is 10.6 Å². The maximum Gasteiger partial charge on any atom is 0.261 e. The lowest BCUT2D eigenvalue weighted by atomic mass is 10.0. The van der Waals surface area contributed by atoms with Crippen LogP contribution < -0.4 is 20.1 Å². The molecule has 4 rings (SSSR count). The summed E-state index contributed by atoms with van der Waals surface area (Å²) in [6, 6.07) is 25.8. The lowest BCUT2D eigenvalue weighted by molar-refractivity contribution is 0.268. The topological polar surface area (TPSA) is 96.9 Å². The minimum absolute atomic E-state index is 0.508. The second-order valence-electron chi connectivity index (χ2n) is 12.4. The van der Waals surface area contributed by atoms with Crippen LogP contribution >= 0.6 is 0 Å². The summed E-state index contributed by atoms with van der Waals surface area (Å²) in [5.74, 6) is 3.04. The first-order valence-corrected chi connectivity index (χ1v) is 18.0. The number of rotatable bonds is 17. The van der Waals surface area contributed by atoms with E-state index in [1.807, 2.05) is 0 Å². The molecular formula is C37H52N2O5S. The van der Waals surface area contributed by atoms with Crippen LogP contribution in [0.5, 0.6) is 11.5 Å². The van der Waals surface area contributed by atoms with E-state index in [9.17, 15) is 8.42 Å². The van der Waals surface area contributed by atoms with E-state index in [1.54, 1.807) is 0 Å². The quantitative estimate of drug-likeness (QED) is 0.0798. The molecule has 0 bridgehead atoms. The van der Waals surface area contributed by atoms with Crippen molar-refractivity contribution in [2.45, 2.75) is 66.5 Å². The number of hydrogen-bond acceptors (Lipinski definition) is 6. The Labute approximate surface area is 270 Å². The highest BCUT2D eigenvalue weighted by Crippen LogP contribution is 2.30. The minimum Gasteiger partial charge on any atom is -0.493 e. The van der Waals surface area contributed by atoms with Gasteiger partial charge >= 0.3 is 0 Å². The first-order valence-electron chi connectivity index (χ1n) is 16.1. The van der Waals surface area contributed by atoms with Crippen LogP contribution in [0, 0.1) is 11.8 Å². The van der Waals surface area contributed by atoms with Gasteiger partial charge in [-0.25, -0.2) is 0 Å². The average Bonchev–Trinajstić information content (AvgIpc) is 2.99. The molecule has 0 heterocycles. The fourth-order valence-corrected chi connectivity index (χ4v) is 5.06. The number of fused-ring (bicyclic) bond motifs is 2. The number of hydrogen-bond donors (Lipinski definition) is 3. The van der Waals surface area contributed by atoms with Crippen molar-refractivity contribution in [1.29, 1.82) is 0 Å². The van der Waals surface area contributed by atoms with Gasteiger partial charge in [-0.15, -0.1) is 0 Å². The van der Waals surface area contributed by atoms with Crippen LogP contribution in [0.2, 0.25) is 0 Å². The molecule has 3 N–H and O–H groups in total. The summed E-state index contributed by atoms with van der Waals surface area (Å²) < 4.78 is 38.2. The Balaban J connectivity index is 0.00000102. The molecule has 0 spiro atoms. The van der Waals surface area contributed by atoms with Crippen molar-refractivity contribution in [3.63, 3.8) is 0 Å². The Morgan fingerprint density at radius 3 is 1.38 bits per heavy atom. The standard InChI is InChI=1S/C36H48N2O2.CH4O3S/c1-27(2)25-39-35-19-17-29-13-7-9-15-31(29)33(35)23-37-21-11-5-6-12-22-38-24-34-32-16-10-8-14-30(32)18-20-36(34)40-26-28(3)4;1-5(2,3)4/h7-10,13-20,27-28,37-38H,5-6,11-12,21-26H2,1-4H3;1H3,(H,2,3,4). The molecule has 0 fully saturated rings. The van der Waals surface area contributed by atoms with Gasteiger partial charge in [0.25, 0.3) is 10.1 Å². The van der Waals surface area contributed by atoms with Crippen molar-refractivity contribution >= 4 is 31.7 Å². The zero-order chi connectivity index (χ0) is 32.7. The molecule has 0 aliphatic rings. The van der Waals surface area contributed by atoms with Gasteiger partial charge in [0.05, 0.1) is 19.5 Å². The second-order valence-corrected chi connectivity index (χ2v) is 13.9. The van der Waals surface area contributed by atoms with Gasteiger partial charge in [0.15, 0.2) is 0 Å². The molecule has 0 saturated heterocycles. The molecule has 4 aromatic rings. The molecule has 0 saturated carbocycles. The van der Waals surface area contributed by atoms with Gasteiger partial charge in [0.2, 0.25) is 0 Å². The number of unbranched alkanes of at least 4 members (excludes halogenated alkanes) is 3. The first kappa shape index (κ1) is 36.3. The minimum atomic E-state index is -3.67. The smallest absolute Gasteiger partial charge is 0.261 e. The van der Waals surface area contributed by atoms with Crippen LogP contribution in [0.1, 0.15) is 64.5 Å². The van der Waals surface area contributed by atoms with E-state index in [-0.39, 0.29) is 0 Å². The van der Waals surface area contributed by atoms with E-state index in [0.29, 0.717) is 18.1 Å². The maximum atomic E-state index is 9.19. The third kappa shape index (κ3) is 13.4. The molecule has 7 nitrogen and oxygen atoms in total. The molecule has 0 aliphatic heterocycles. The van der Waals surface area contributed by atoms with Gasteiger partial charge in [-0.2, -0.15) is 8.42 Å². The molecule has 45 heavy (non-hydrogen) atoms. The second kappa shape index (κ2) is 18.7. The van der Waals surface area contributed by atoms with Crippen LogP contribution in [0.3, 0.4) is 0 Å². The van der Waals surface area contributed by atoms with Crippen LogP contribution in [-0.4, -0.2) is 45.5 Å². The summed E-state index contributed by atoms with van der Waals surface area (Å²) in [6.45, 7) is 14.0. The molecule has 0 radical (unpaired) electrons.